The summed E-state index contributed by atoms with van der Waals surface area (Å²) >= 11 is 0. The number of amides is 2. The third kappa shape index (κ3) is 1.98. The standard InChI is InChI=1S/C19H17N3O2/c1-3-10-21-12(2)20-16-11-13(8-9-17(16)21)22-18(23)14-6-4-5-7-15(14)19(22)24/h4-9,11H,3,10H2,1-2H3. The zero-order valence-corrected chi connectivity index (χ0v) is 13.6. The van der Waals surface area contributed by atoms with Gasteiger partial charge in [0.25, 0.3) is 11.8 Å². The molecule has 0 atom stereocenters. The van der Waals surface area contributed by atoms with Gasteiger partial charge in [-0.3, -0.25) is 9.59 Å². The number of aromatic nitrogens is 2. The van der Waals surface area contributed by atoms with Gasteiger partial charge in [-0.25, -0.2) is 9.88 Å². The van der Waals surface area contributed by atoms with Crippen LogP contribution in [0.5, 0.6) is 0 Å². The highest BCUT2D eigenvalue weighted by Crippen LogP contribution is 2.30. The van der Waals surface area contributed by atoms with E-state index in [4.69, 9.17) is 0 Å². The average Bonchev–Trinajstić information content (AvgIpc) is 3.03. The molecule has 120 valence electrons. The molecular weight excluding hydrogens is 302 g/mol. The van der Waals surface area contributed by atoms with E-state index in [-0.39, 0.29) is 11.8 Å². The lowest BCUT2D eigenvalue weighted by atomic mass is 10.1. The number of nitrogens with zero attached hydrogens (tertiary/aromatic N) is 3. The van der Waals surface area contributed by atoms with Gasteiger partial charge >= 0.3 is 0 Å². The van der Waals surface area contributed by atoms with Crippen LogP contribution in [0.15, 0.2) is 42.5 Å². The predicted octanol–water partition coefficient (Wildman–Crippen LogP) is 3.56. The van der Waals surface area contributed by atoms with Crippen LogP contribution in [0.1, 0.15) is 39.9 Å². The van der Waals surface area contributed by atoms with Crippen molar-refractivity contribution in [3.8, 4) is 0 Å². The zero-order chi connectivity index (χ0) is 16.8. The van der Waals surface area contributed by atoms with E-state index in [1.54, 1.807) is 24.3 Å². The van der Waals surface area contributed by atoms with Crippen molar-refractivity contribution in [1.29, 1.82) is 0 Å². The fourth-order valence-corrected chi connectivity index (χ4v) is 3.31. The lowest BCUT2D eigenvalue weighted by Gasteiger charge is -2.14. The summed E-state index contributed by atoms with van der Waals surface area (Å²) in [6.45, 7) is 4.99. The van der Waals surface area contributed by atoms with Crippen LogP contribution >= 0.6 is 0 Å². The van der Waals surface area contributed by atoms with Gasteiger partial charge in [0.2, 0.25) is 0 Å². The summed E-state index contributed by atoms with van der Waals surface area (Å²) in [5, 5.41) is 0. The van der Waals surface area contributed by atoms with Crippen LogP contribution in [0, 0.1) is 6.92 Å². The van der Waals surface area contributed by atoms with Gasteiger partial charge in [-0.15, -0.1) is 0 Å². The molecule has 0 radical (unpaired) electrons. The van der Waals surface area contributed by atoms with Crippen LogP contribution in [-0.4, -0.2) is 21.4 Å². The number of anilines is 1. The Morgan fingerprint density at radius 3 is 2.29 bits per heavy atom. The Bertz CT molecular complexity index is 952. The third-order valence-corrected chi connectivity index (χ3v) is 4.42. The van der Waals surface area contributed by atoms with Crippen molar-refractivity contribution < 1.29 is 9.59 Å². The number of fused-ring (bicyclic) bond motifs is 2. The van der Waals surface area contributed by atoms with Crippen molar-refractivity contribution in [1.82, 2.24) is 9.55 Å². The zero-order valence-electron chi connectivity index (χ0n) is 13.6. The second-order valence-corrected chi connectivity index (χ2v) is 5.97. The summed E-state index contributed by atoms with van der Waals surface area (Å²) in [4.78, 5) is 31.0. The van der Waals surface area contributed by atoms with Crippen molar-refractivity contribution in [3.63, 3.8) is 0 Å². The highest BCUT2D eigenvalue weighted by Gasteiger charge is 2.36. The summed E-state index contributed by atoms with van der Waals surface area (Å²) in [7, 11) is 0. The molecule has 4 rings (SSSR count). The lowest BCUT2D eigenvalue weighted by molar-refractivity contribution is 0.0926. The normalized spacial score (nSPS) is 13.8. The highest BCUT2D eigenvalue weighted by atomic mass is 16.2. The quantitative estimate of drug-likeness (QED) is 0.694. The molecule has 0 unspecified atom stereocenters. The van der Waals surface area contributed by atoms with Gasteiger partial charge in [0.1, 0.15) is 5.82 Å². The molecular formula is C19H17N3O2. The van der Waals surface area contributed by atoms with E-state index in [0.29, 0.717) is 16.8 Å². The number of imidazole rings is 1. The van der Waals surface area contributed by atoms with Crippen molar-refractivity contribution in [2.24, 2.45) is 0 Å². The maximum atomic E-state index is 12.6. The molecule has 0 saturated heterocycles. The minimum absolute atomic E-state index is 0.278. The molecule has 1 aromatic heterocycles. The van der Waals surface area contributed by atoms with Crippen molar-refractivity contribution in [2.75, 3.05) is 4.90 Å². The Morgan fingerprint density at radius 1 is 1.00 bits per heavy atom. The first kappa shape index (κ1) is 14.6. The molecule has 0 spiro atoms. The first-order valence-electron chi connectivity index (χ1n) is 8.06. The minimum atomic E-state index is -0.278. The molecule has 3 aromatic rings. The molecule has 5 heteroatoms. The number of rotatable bonds is 3. The fourth-order valence-electron chi connectivity index (χ4n) is 3.31. The summed E-state index contributed by atoms with van der Waals surface area (Å²) in [6.07, 6.45) is 1.02. The summed E-state index contributed by atoms with van der Waals surface area (Å²) < 4.78 is 2.15. The van der Waals surface area contributed by atoms with Crippen LogP contribution in [0.3, 0.4) is 0 Å². The van der Waals surface area contributed by atoms with Crippen molar-refractivity contribution >= 4 is 28.5 Å². The number of carbonyl (C=O) groups is 2. The van der Waals surface area contributed by atoms with Gasteiger partial charge in [-0.05, 0) is 43.7 Å². The van der Waals surface area contributed by atoms with Gasteiger partial charge in [0.15, 0.2) is 0 Å². The third-order valence-electron chi connectivity index (χ3n) is 4.42. The molecule has 2 heterocycles. The minimum Gasteiger partial charge on any atom is -0.328 e. The number of benzene rings is 2. The molecule has 0 aliphatic carbocycles. The van der Waals surface area contributed by atoms with E-state index in [0.717, 1.165) is 29.8 Å². The Labute approximate surface area is 139 Å². The number of hydrogen-bond donors (Lipinski definition) is 0. The molecule has 0 saturated carbocycles. The second kappa shape index (κ2) is 5.30. The van der Waals surface area contributed by atoms with Crippen LogP contribution in [0.4, 0.5) is 5.69 Å². The van der Waals surface area contributed by atoms with E-state index >= 15 is 0 Å². The maximum Gasteiger partial charge on any atom is 0.266 e. The molecule has 24 heavy (non-hydrogen) atoms. The van der Waals surface area contributed by atoms with Crippen LogP contribution in [-0.2, 0) is 6.54 Å². The topological polar surface area (TPSA) is 55.2 Å². The van der Waals surface area contributed by atoms with E-state index < -0.39 is 0 Å². The van der Waals surface area contributed by atoms with Gasteiger partial charge in [0.05, 0.1) is 27.8 Å². The SMILES string of the molecule is CCCn1c(C)nc2cc(N3C(=O)c4ccccc4C3=O)ccc21. The Hall–Kier alpha value is -2.95. The fraction of sp³-hybridized carbons (Fsp3) is 0.211. The van der Waals surface area contributed by atoms with Gasteiger partial charge in [-0.1, -0.05) is 19.1 Å². The monoisotopic (exact) mass is 319 g/mol. The smallest absolute Gasteiger partial charge is 0.266 e. The molecule has 2 aromatic carbocycles. The maximum absolute atomic E-state index is 12.6. The van der Waals surface area contributed by atoms with Crippen molar-refractivity contribution in [2.45, 2.75) is 26.8 Å². The number of aryl methyl sites for hydroxylation is 2. The number of imide groups is 1. The predicted molar refractivity (Wildman–Crippen MR) is 92.3 cm³/mol. The first-order chi connectivity index (χ1) is 11.6. The number of carbonyl (C=O) groups excluding carboxylic acids is 2. The summed E-state index contributed by atoms with van der Waals surface area (Å²) in [6, 6.07) is 12.5. The van der Waals surface area contributed by atoms with Crippen molar-refractivity contribution in [3.05, 3.63) is 59.4 Å². The number of hydrogen-bond acceptors (Lipinski definition) is 3. The molecule has 0 bridgehead atoms. The van der Waals surface area contributed by atoms with Gasteiger partial charge < -0.3 is 4.57 Å². The molecule has 0 N–H and O–H groups in total. The molecule has 2 amide bonds. The average molecular weight is 319 g/mol. The Balaban J connectivity index is 1.81. The van der Waals surface area contributed by atoms with E-state index in [9.17, 15) is 9.59 Å². The molecule has 1 aliphatic rings. The van der Waals surface area contributed by atoms with Crippen LogP contribution in [0.25, 0.3) is 11.0 Å². The Kier molecular flexibility index (Phi) is 3.23. The van der Waals surface area contributed by atoms with Gasteiger partial charge in [0, 0.05) is 6.54 Å². The van der Waals surface area contributed by atoms with E-state index in [2.05, 4.69) is 16.5 Å². The van der Waals surface area contributed by atoms with Crippen LogP contribution < -0.4 is 4.90 Å². The van der Waals surface area contributed by atoms with E-state index in [1.807, 2.05) is 25.1 Å². The van der Waals surface area contributed by atoms with Gasteiger partial charge in [-0.2, -0.15) is 0 Å². The second-order valence-electron chi connectivity index (χ2n) is 5.97. The largest absolute Gasteiger partial charge is 0.328 e. The summed E-state index contributed by atoms with van der Waals surface area (Å²) in [5.41, 5.74) is 3.30. The summed E-state index contributed by atoms with van der Waals surface area (Å²) in [5.74, 6) is 0.380. The molecule has 0 fully saturated rings. The molecule has 5 nitrogen and oxygen atoms in total. The lowest BCUT2D eigenvalue weighted by Crippen LogP contribution is -2.29. The van der Waals surface area contributed by atoms with E-state index in [1.165, 1.54) is 4.90 Å². The Morgan fingerprint density at radius 2 is 1.67 bits per heavy atom. The van der Waals surface area contributed by atoms with Crippen LogP contribution in [0.2, 0.25) is 0 Å². The first-order valence-corrected chi connectivity index (χ1v) is 8.06. The highest BCUT2D eigenvalue weighted by molar-refractivity contribution is 6.34. The molecule has 1 aliphatic heterocycles.